The summed E-state index contributed by atoms with van der Waals surface area (Å²) >= 11 is 6.08. The number of benzene rings is 1. The van der Waals surface area contributed by atoms with Crippen LogP contribution in [0.15, 0.2) is 18.2 Å². The molecular weight excluding hydrogens is 290 g/mol. The Bertz CT molecular complexity index is 530. The molecule has 2 amide bonds. The number of hydrogen-bond acceptors (Lipinski definition) is 3. The maximum atomic E-state index is 12.2. The average molecular weight is 312 g/mol. The molecule has 6 heteroatoms. The van der Waals surface area contributed by atoms with Gasteiger partial charge in [-0.05, 0) is 24.1 Å². The van der Waals surface area contributed by atoms with E-state index < -0.39 is 0 Å². The van der Waals surface area contributed by atoms with Gasteiger partial charge in [0.2, 0.25) is 5.91 Å². The number of amides is 2. The van der Waals surface area contributed by atoms with E-state index in [1.807, 2.05) is 13.8 Å². The molecule has 3 N–H and O–H groups in total. The fraction of sp³-hybridized carbons (Fsp3) is 0.467. The van der Waals surface area contributed by atoms with E-state index in [0.29, 0.717) is 16.3 Å². The highest BCUT2D eigenvalue weighted by Crippen LogP contribution is 2.25. The Balaban J connectivity index is 3.00. The van der Waals surface area contributed by atoms with Gasteiger partial charge in [0.1, 0.15) is 0 Å². The lowest BCUT2D eigenvalue weighted by Crippen LogP contribution is -2.33. The van der Waals surface area contributed by atoms with Crippen LogP contribution in [0.3, 0.4) is 0 Å². The van der Waals surface area contributed by atoms with Crippen molar-refractivity contribution in [3.05, 3.63) is 28.8 Å². The minimum Gasteiger partial charge on any atom is -0.345 e. The molecule has 0 radical (unpaired) electrons. The molecular formula is C15H22ClN3O2. The van der Waals surface area contributed by atoms with Gasteiger partial charge in [-0.1, -0.05) is 25.4 Å². The molecule has 0 aromatic heterocycles. The first kappa shape index (κ1) is 17.5. The largest absolute Gasteiger partial charge is 0.345 e. The molecule has 21 heavy (non-hydrogen) atoms. The summed E-state index contributed by atoms with van der Waals surface area (Å²) in [5.41, 5.74) is 6.52. The van der Waals surface area contributed by atoms with Crippen LogP contribution in [0, 0.1) is 11.8 Å². The molecule has 1 aromatic carbocycles. The molecule has 0 bridgehead atoms. The summed E-state index contributed by atoms with van der Waals surface area (Å²) in [6.07, 6.45) is 0. The van der Waals surface area contributed by atoms with E-state index in [1.54, 1.807) is 32.3 Å². The Kier molecular flexibility index (Phi) is 6.18. The Morgan fingerprint density at radius 3 is 2.43 bits per heavy atom. The van der Waals surface area contributed by atoms with Crippen LogP contribution in [-0.4, -0.2) is 37.4 Å². The lowest BCUT2D eigenvalue weighted by Gasteiger charge is -2.19. The number of nitrogens with one attached hydrogen (secondary N) is 1. The van der Waals surface area contributed by atoms with Gasteiger partial charge in [-0.15, -0.1) is 0 Å². The van der Waals surface area contributed by atoms with E-state index >= 15 is 0 Å². The highest BCUT2D eigenvalue weighted by Gasteiger charge is 2.21. The molecule has 1 rings (SSSR count). The van der Waals surface area contributed by atoms with Crippen LogP contribution in [0.2, 0.25) is 5.02 Å². The van der Waals surface area contributed by atoms with E-state index in [1.165, 1.54) is 4.90 Å². The number of hydrogen-bond donors (Lipinski definition) is 2. The summed E-state index contributed by atoms with van der Waals surface area (Å²) in [4.78, 5) is 25.6. The summed E-state index contributed by atoms with van der Waals surface area (Å²) in [7, 11) is 3.33. The zero-order chi connectivity index (χ0) is 16.2. The van der Waals surface area contributed by atoms with Gasteiger partial charge < -0.3 is 16.0 Å². The monoisotopic (exact) mass is 311 g/mol. The Hall–Kier alpha value is -1.59. The second-order valence-electron chi connectivity index (χ2n) is 5.47. The Labute approximate surface area is 130 Å². The molecule has 1 aromatic rings. The molecule has 0 saturated heterocycles. The van der Waals surface area contributed by atoms with Crippen molar-refractivity contribution in [3.63, 3.8) is 0 Å². The fourth-order valence-electron chi connectivity index (χ4n) is 1.92. The quantitative estimate of drug-likeness (QED) is 0.875. The summed E-state index contributed by atoms with van der Waals surface area (Å²) in [6, 6.07) is 4.81. The third-order valence-electron chi connectivity index (χ3n) is 3.27. The molecule has 0 aliphatic heterocycles. The molecule has 1 atom stereocenters. The van der Waals surface area contributed by atoms with Crippen molar-refractivity contribution in [2.45, 2.75) is 13.8 Å². The maximum Gasteiger partial charge on any atom is 0.253 e. The van der Waals surface area contributed by atoms with Gasteiger partial charge in [0.25, 0.3) is 5.91 Å². The molecule has 5 nitrogen and oxygen atoms in total. The molecule has 0 fully saturated rings. The number of carbonyl (C=O) groups is 2. The number of nitrogens with zero attached hydrogens (tertiary/aromatic N) is 1. The molecule has 0 aliphatic rings. The summed E-state index contributed by atoms with van der Waals surface area (Å²) in [5.74, 6) is -0.514. The van der Waals surface area contributed by atoms with Crippen molar-refractivity contribution in [2.24, 2.45) is 17.6 Å². The van der Waals surface area contributed by atoms with E-state index in [2.05, 4.69) is 5.32 Å². The first-order chi connectivity index (χ1) is 9.77. The molecule has 0 aliphatic carbocycles. The number of carbonyl (C=O) groups excluding carboxylic acids is 2. The second kappa shape index (κ2) is 7.43. The predicted octanol–water partition coefficient (Wildman–Crippen LogP) is 2.21. The van der Waals surface area contributed by atoms with Crippen LogP contribution in [0.25, 0.3) is 0 Å². The zero-order valence-corrected chi connectivity index (χ0v) is 13.6. The zero-order valence-electron chi connectivity index (χ0n) is 12.8. The fourth-order valence-corrected chi connectivity index (χ4v) is 2.08. The van der Waals surface area contributed by atoms with Crippen LogP contribution in [0.4, 0.5) is 5.69 Å². The van der Waals surface area contributed by atoms with E-state index in [0.717, 1.165) is 0 Å². The third-order valence-corrected chi connectivity index (χ3v) is 3.60. The highest BCUT2D eigenvalue weighted by molar-refractivity contribution is 6.33. The number of halogens is 1. The maximum absolute atomic E-state index is 12.2. The van der Waals surface area contributed by atoms with E-state index in [9.17, 15) is 9.59 Å². The van der Waals surface area contributed by atoms with Crippen LogP contribution in [0.1, 0.15) is 24.2 Å². The van der Waals surface area contributed by atoms with Crippen molar-refractivity contribution in [1.82, 2.24) is 4.90 Å². The number of rotatable bonds is 5. The molecule has 0 heterocycles. The normalized spacial score (nSPS) is 12.1. The summed E-state index contributed by atoms with van der Waals surface area (Å²) in [6.45, 7) is 4.13. The third kappa shape index (κ3) is 4.44. The lowest BCUT2D eigenvalue weighted by molar-refractivity contribution is -0.120. The van der Waals surface area contributed by atoms with Gasteiger partial charge in [0, 0.05) is 26.2 Å². The van der Waals surface area contributed by atoms with E-state index in [4.69, 9.17) is 17.3 Å². The van der Waals surface area contributed by atoms with E-state index in [-0.39, 0.29) is 30.2 Å². The van der Waals surface area contributed by atoms with Crippen molar-refractivity contribution in [3.8, 4) is 0 Å². The highest BCUT2D eigenvalue weighted by atomic mass is 35.5. The number of nitrogens with two attached hydrogens (primary N) is 1. The van der Waals surface area contributed by atoms with Crippen molar-refractivity contribution < 1.29 is 9.59 Å². The van der Waals surface area contributed by atoms with Crippen LogP contribution in [-0.2, 0) is 4.79 Å². The van der Waals surface area contributed by atoms with Crippen LogP contribution >= 0.6 is 11.6 Å². The minimum absolute atomic E-state index is 0.125. The van der Waals surface area contributed by atoms with Crippen molar-refractivity contribution in [2.75, 3.05) is 26.0 Å². The van der Waals surface area contributed by atoms with Gasteiger partial charge in [-0.25, -0.2) is 0 Å². The smallest absolute Gasteiger partial charge is 0.253 e. The van der Waals surface area contributed by atoms with Crippen molar-refractivity contribution in [1.29, 1.82) is 0 Å². The van der Waals surface area contributed by atoms with Gasteiger partial charge in [-0.2, -0.15) is 0 Å². The first-order valence-corrected chi connectivity index (χ1v) is 7.17. The average Bonchev–Trinajstić information content (AvgIpc) is 2.40. The Morgan fingerprint density at radius 1 is 1.33 bits per heavy atom. The molecule has 0 spiro atoms. The lowest BCUT2D eigenvalue weighted by atomic mass is 9.95. The summed E-state index contributed by atoms with van der Waals surface area (Å²) in [5, 5.41) is 3.14. The van der Waals surface area contributed by atoms with Crippen LogP contribution in [0.5, 0.6) is 0 Å². The SMILES string of the molecule is CC(C)C(CN)C(=O)Nc1cc(C(=O)N(C)C)ccc1Cl. The Morgan fingerprint density at radius 2 is 1.95 bits per heavy atom. The first-order valence-electron chi connectivity index (χ1n) is 6.80. The number of anilines is 1. The molecule has 1 unspecified atom stereocenters. The van der Waals surface area contributed by atoms with Crippen molar-refractivity contribution >= 4 is 29.1 Å². The van der Waals surface area contributed by atoms with Crippen LogP contribution < -0.4 is 11.1 Å². The summed E-state index contributed by atoms with van der Waals surface area (Å²) < 4.78 is 0. The van der Waals surface area contributed by atoms with Gasteiger partial charge in [-0.3, -0.25) is 9.59 Å². The van der Waals surface area contributed by atoms with Gasteiger partial charge >= 0.3 is 0 Å². The topological polar surface area (TPSA) is 75.4 Å². The predicted molar refractivity (Wildman–Crippen MR) is 85.5 cm³/mol. The minimum atomic E-state index is -0.297. The standard InChI is InChI=1S/C15H22ClN3O2/c1-9(2)11(8-17)14(20)18-13-7-10(5-6-12(13)16)15(21)19(3)4/h5-7,9,11H,8,17H2,1-4H3,(H,18,20). The molecule has 116 valence electrons. The molecule has 0 saturated carbocycles. The van der Waals surface area contributed by atoms with Gasteiger partial charge in [0.05, 0.1) is 16.6 Å². The second-order valence-corrected chi connectivity index (χ2v) is 5.88. The van der Waals surface area contributed by atoms with Gasteiger partial charge in [0.15, 0.2) is 0 Å².